The predicted octanol–water partition coefficient (Wildman–Crippen LogP) is 4.38. The Bertz CT molecular complexity index is 370. The van der Waals surface area contributed by atoms with Gasteiger partial charge in [0.1, 0.15) is 0 Å². The first-order valence-electron chi connectivity index (χ1n) is 5.87. The first-order valence-corrected chi connectivity index (χ1v) is 5.87. The van der Waals surface area contributed by atoms with Crippen molar-refractivity contribution in [1.82, 2.24) is 0 Å². The van der Waals surface area contributed by atoms with E-state index < -0.39 is 0 Å². The molecule has 0 bridgehead atoms. The van der Waals surface area contributed by atoms with Crippen LogP contribution in [0.3, 0.4) is 0 Å². The summed E-state index contributed by atoms with van der Waals surface area (Å²) in [6, 6.07) is 9.03. The zero-order valence-corrected chi connectivity index (χ0v) is 10.0. The normalized spacial score (nSPS) is 26.2. The van der Waals surface area contributed by atoms with Gasteiger partial charge in [-0.1, -0.05) is 48.4 Å². The van der Waals surface area contributed by atoms with Gasteiger partial charge in [0.15, 0.2) is 0 Å². The van der Waals surface area contributed by atoms with Gasteiger partial charge in [-0.05, 0) is 38.7 Å². The number of hydrogen-bond donors (Lipinski definition) is 0. The smallest absolute Gasteiger partial charge is 0.0131 e. The number of hydrogen-bond acceptors (Lipinski definition) is 0. The molecule has 0 saturated heterocycles. The molecule has 0 N–H and O–H groups in total. The van der Waals surface area contributed by atoms with Crippen molar-refractivity contribution in [3.8, 4) is 0 Å². The van der Waals surface area contributed by atoms with Gasteiger partial charge < -0.3 is 0 Å². The molecule has 2 rings (SSSR count). The average Bonchev–Trinajstić information content (AvgIpc) is 2.23. The van der Waals surface area contributed by atoms with Crippen LogP contribution in [0.4, 0.5) is 0 Å². The third kappa shape index (κ3) is 1.86. The molecule has 0 aliphatic heterocycles. The van der Waals surface area contributed by atoms with Crippen molar-refractivity contribution >= 4 is 0 Å². The monoisotopic (exact) mass is 200 g/mol. The predicted molar refractivity (Wildman–Crippen MR) is 66.1 cm³/mol. The zero-order valence-electron chi connectivity index (χ0n) is 10.0. The van der Waals surface area contributed by atoms with Crippen LogP contribution in [0.1, 0.15) is 44.2 Å². The van der Waals surface area contributed by atoms with E-state index >= 15 is 0 Å². The minimum Gasteiger partial charge on any atom is -0.0847 e. The van der Waals surface area contributed by atoms with Crippen molar-refractivity contribution < 1.29 is 0 Å². The molecule has 80 valence electrons. The molecule has 1 atom stereocenters. The molecule has 0 saturated carbocycles. The second kappa shape index (κ2) is 3.84. The van der Waals surface area contributed by atoms with Crippen LogP contribution in [-0.2, 0) is 5.41 Å². The SMILES string of the molecule is CC1=CCCC[C@]1(C)c1ccc(C)cc1. The number of rotatable bonds is 1. The second-order valence-electron chi connectivity index (χ2n) is 4.98. The largest absolute Gasteiger partial charge is 0.0847 e. The summed E-state index contributed by atoms with van der Waals surface area (Å²) in [5.74, 6) is 0. The zero-order chi connectivity index (χ0) is 10.9. The van der Waals surface area contributed by atoms with E-state index in [2.05, 4.69) is 51.1 Å². The summed E-state index contributed by atoms with van der Waals surface area (Å²) in [5.41, 5.74) is 4.64. The molecule has 0 spiro atoms. The van der Waals surface area contributed by atoms with Gasteiger partial charge in [-0.25, -0.2) is 0 Å². The highest BCUT2D eigenvalue weighted by atomic mass is 14.3. The van der Waals surface area contributed by atoms with Crippen LogP contribution < -0.4 is 0 Å². The lowest BCUT2D eigenvalue weighted by Crippen LogP contribution is -2.25. The van der Waals surface area contributed by atoms with E-state index in [0.717, 1.165) is 0 Å². The van der Waals surface area contributed by atoms with Gasteiger partial charge in [0, 0.05) is 5.41 Å². The molecule has 0 heteroatoms. The van der Waals surface area contributed by atoms with E-state index in [0.29, 0.717) is 0 Å². The van der Waals surface area contributed by atoms with E-state index in [1.165, 1.54) is 36.0 Å². The minimum absolute atomic E-state index is 0.284. The molecule has 0 fully saturated rings. The molecular weight excluding hydrogens is 180 g/mol. The summed E-state index contributed by atoms with van der Waals surface area (Å²) in [6.45, 7) is 6.80. The second-order valence-corrected chi connectivity index (χ2v) is 4.98. The standard InChI is InChI=1S/C15H20/c1-12-7-9-14(10-8-12)15(3)11-5-4-6-13(15)2/h6-10H,4-5,11H2,1-3H3/t15-/m0/s1. The fourth-order valence-corrected chi connectivity index (χ4v) is 2.49. The molecular formula is C15H20. The van der Waals surface area contributed by atoms with Crippen molar-refractivity contribution in [2.45, 2.75) is 45.4 Å². The number of allylic oxidation sites excluding steroid dienone is 2. The van der Waals surface area contributed by atoms with Crippen molar-refractivity contribution in [3.63, 3.8) is 0 Å². The van der Waals surface area contributed by atoms with Gasteiger partial charge in [-0.15, -0.1) is 0 Å². The van der Waals surface area contributed by atoms with Crippen molar-refractivity contribution in [1.29, 1.82) is 0 Å². The molecule has 1 aliphatic carbocycles. The Morgan fingerprint density at radius 3 is 2.33 bits per heavy atom. The van der Waals surface area contributed by atoms with Crippen molar-refractivity contribution in [3.05, 3.63) is 47.0 Å². The van der Waals surface area contributed by atoms with Crippen LogP contribution in [0.15, 0.2) is 35.9 Å². The van der Waals surface area contributed by atoms with Crippen LogP contribution >= 0.6 is 0 Å². The maximum absolute atomic E-state index is 2.41. The summed E-state index contributed by atoms with van der Waals surface area (Å²) in [5, 5.41) is 0. The van der Waals surface area contributed by atoms with Gasteiger partial charge >= 0.3 is 0 Å². The molecule has 1 aromatic carbocycles. The Kier molecular flexibility index (Phi) is 2.68. The highest BCUT2D eigenvalue weighted by Crippen LogP contribution is 2.39. The molecule has 0 unspecified atom stereocenters. The Morgan fingerprint density at radius 1 is 1.07 bits per heavy atom. The lowest BCUT2D eigenvalue weighted by Gasteiger charge is -2.34. The fourth-order valence-electron chi connectivity index (χ4n) is 2.49. The molecule has 0 amide bonds. The first kappa shape index (κ1) is 10.5. The topological polar surface area (TPSA) is 0 Å². The molecule has 0 aromatic heterocycles. The highest BCUT2D eigenvalue weighted by Gasteiger charge is 2.29. The quantitative estimate of drug-likeness (QED) is 0.590. The van der Waals surface area contributed by atoms with E-state index in [1.807, 2.05) is 0 Å². The summed E-state index contributed by atoms with van der Waals surface area (Å²) in [6.07, 6.45) is 6.27. The first-order chi connectivity index (χ1) is 7.13. The molecule has 1 aromatic rings. The van der Waals surface area contributed by atoms with Gasteiger partial charge in [0.25, 0.3) is 0 Å². The summed E-state index contributed by atoms with van der Waals surface area (Å²) < 4.78 is 0. The van der Waals surface area contributed by atoms with E-state index in [1.54, 1.807) is 0 Å². The van der Waals surface area contributed by atoms with Gasteiger partial charge in [0.05, 0.1) is 0 Å². The van der Waals surface area contributed by atoms with Gasteiger partial charge in [0.2, 0.25) is 0 Å². The molecule has 1 aliphatic rings. The third-order valence-electron chi connectivity index (χ3n) is 3.89. The van der Waals surface area contributed by atoms with Crippen LogP contribution in [0, 0.1) is 6.92 Å². The van der Waals surface area contributed by atoms with Gasteiger partial charge in [-0.2, -0.15) is 0 Å². The van der Waals surface area contributed by atoms with Crippen molar-refractivity contribution in [2.24, 2.45) is 0 Å². The van der Waals surface area contributed by atoms with Gasteiger partial charge in [-0.3, -0.25) is 0 Å². The number of aryl methyl sites for hydroxylation is 1. The third-order valence-corrected chi connectivity index (χ3v) is 3.89. The minimum atomic E-state index is 0.284. The Balaban J connectivity index is 2.40. The molecule has 0 heterocycles. The van der Waals surface area contributed by atoms with Crippen LogP contribution in [0.5, 0.6) is 0 Å². The lowest BCUT2D eigenvalue weighted by molar-refractivity contribution is 0.465. The maximum Gasteiger partial charge on any atom is 0.0131 e. The van der Waals surface area contributed by atoms with Crippen molar-refractivity contribution in [2.75, 3.05) is 0 Å². The average molecular weight is 200 g/mol. The number of benzene rings is 1. The van der Waals surface area contributed by atoms with E-state index in [4.69, 9.17) is 0 Å². The lowest BCUT2D eigenvalue weighted by atomic mass is 9.70. The Hall–Kier alpha value is -1.04. The summed E-state index contributed by atoms with van der Waals surface area (Å²) in [7, 11) is 0. The maximum atomic E-state index is 2.41. The molecule has 0 nitrogen and oxygen atoms in total. The van der Waals surface area contributed by atoms with E-state index in [9.17, 15) is 0 Å². The van der Waals surface area contributed by atoms with Crippen LogP contribution in [0.2, 0.25) is 0 Å². The Morgan fingerprint density at radius 2 is 1.73 bits per heavy atom. The molecule has 15 heavy (non-hydrogen) atoms. The summed E-state index contributed by atoms with van der Waals surface area (Å²) in [4.78, 5) is 0. The fraction of sp³-hybridized carbons (Fsp3) is 0.467. The van der Waals surface area contributed by atoms with E-state index in [-0.39, 0.29) is 5.41 Å². The van der Waals surface area contributed by atoms with Crippen LogP contribution in [0.25, 0.3) is 0 Å². The summed E-state index contributed by atoms with van der Waals surface area (Å²) >= 11 is 0. The van der Waals surface area contributed by atoms with Crippen LogP contribution in [-0.4, -0.2) is 0 Å². The highest BCUT2D eigenvalue weighted by molar-refractivity contribution is 5.37. The molecule has 0 radical (unpaired) electrons. The Labute approximate surface area is 93.0 Å².